The second-order valence-electron chi connectivity index (χ2n) is 7.65. The third-order valence-electron chi connectivity index (χ3n) is 5.27. The minimum Gasteiger partial charge on any atom is -0.330 e. The van der Waals surface area contributed by atoms with Gasteiger partial charge in [0.15, 0.2) is 0 Å². The maximum absolute atomic E-state index is 14.5. The van der Waals surface area contributed by atoms with E-state index in [2.05, 4.69) is 10.6 Å². The molecule has 6 nitrogen and oxygen atoms in total. The summed E-state index contributed by atoms with van der Waals surface area (Å²) in [5, 5.41) is 5.92. The third-order valence-corrected chi connectivity index (χ3v) is 6.72. The van der Waals surface area contributed by atoms with Crippen molar-refractivity contribution in [1.82, 2.24) is 10.5 Å². The molecule has 0 bridgehead atoms. The topological polar surface area (TPSA) is 80.0 Å². The van der Waals surface area contributed by atoms with Crippen molar-refractivity contribution < 1.29 is 18.4 Å². The molecule has 1 heterocycles. The van der Waals surface area contributed by atoms with Gasteiger partial charge in [-0.15, -0.1) is 0 Å². The van der Waals surface area contributed by atoms with Crippen LogP contribution in [0.1, 0.15) is 36.8 Å². The predicted molar refractivity (Wildman–Crippen MR) is 116 cm³/mol. The molecule has 1 saturated carbocycles. The van der Waals surface area contributed by atoms with Crippen molar-refractivity contribution in [3.63, 3.8) is 0 Å². The van der Waals surface area contributed by atoms with Crippen LogP contribution in [0.5, 0.6) is 0 Å². The predicted octanol–water partition coefficient (Wildman–Crippen LogP) is 4.32. The number of urea groups is 1. The molecule has 164 valence electrons. The SMILES string of the molecule is NCCCC1(c2ccccc2)SC(c2cc(F)ccc2F)=NN1C(=O)NOCC1CC1. The van der Waals surface area contributed by atoms with Gasteiger partial charge in [-0.2, -0.15) is 10.1 Å². The van der Waals surface area contributed by atoms with Crippen LogP contribution in [-0.2, 0) is 9.71 Å². The van der Waals surface area contributed by atoms with Crippen LogP contribution in [0.3, 0.4) is 0 Å². The van der Waals surface area contributed by atoms with Gasteiger partial charge in [0.25, 0.3) is 0 Å². The van der Waals surface area contributed by atoms with Crippen LogP contribution in [0.25, 0.3) is 0 Å². The van der Waals surface area contributed by atoms with Gasteiger partial charge in [0, 0.05) is 5.56 Å². The quantitative estimate of drug-likeness (QED) is 0.592. The number of carbonyl (C=O) groups excluding carboxylic acids is 1. The van der Waals surface area contributed by atoms with E-state index in [1.54, 1.807) is 0 Å². The minimum atomic E-state index is -0.970. The van der Waals surface area contributed by atoms with Gasteiger partial charge in [0.05, 0.1) is 6.61 Å². The maximum atomic E-state index is 14.5. The molecule has 31 heavy (non-hydrogen) atoms. The van der Waals surface area contributed by atoms with Crippen LogP contribution in [0.4, 0.5) is 13.6 Å². The van der Waals surface area contributed by atoms with Crippen LogP contribution in [0.2, 0.25) is 0 Å². The number of hydrogen-bond donors (Lipinski definition) is 2. The Hall–Kier alpha value is -2.49. The third kappa shape index (κ3) is 4.73. The van der Waals surface area contributed by atoms with Crippen LogP contribution in [0, 0.1) is 17.6 Å². The first-order valence-corrected chi connectivity index (χ1v) is 11.1. The molecule has 0 radical (unpaired) electrons. The van der Waals surface area contributed by atoms with E-state index < -0.39 is 22.5 Å². The van der Waals surface area contributed by atoms with Crippen LogP contribution in [0.15, 0.2) is 53.6 Å². The molecule has 2 amide bonds. The van der Waals surface area contributed by atoms with Crippen molar-refractivity contribution in [3.05, 3.63) is 71.3 Å². The summed E-state index contributed by atoms with van der Waals surface area (Å²) in [5.41, 5.74) is 9.05. The number of nitrogens with zero attached hydrogens (tertiary/aromatic N) is 2. The number of rotatable bonds is 8. The fraction of sp³-hybridized carbons (Fsp3) is 0.364. The number of carbonyl (C=O) groups is 1. The van der Waals surface area contributed by atoms with Crippen molar-refractivity contribution in [3.8, 4) is 0 Å². The highest BCUT2D eigenvalue weighted by molar-refractivity contribution is 8.15. The molecule has 0 aromatic heterocycles. The summed E-state index contributed by atoms with van der Waals surface area (Å²) in [4.78, 5) is 17.5. The van der Waals surface area contributed by atoms with Crippen molar-refractivity contribution in [2.24, 2.45) is 16.8 Å². The van der Waals surface area contributed by atoms with E-state index in [1.165, 1.54) is 16.8 Å². The fourth-order valence-corrected chi connectivity index (χ4v) is 4.87. The summed E-state index contributed by atoms with van der Waals surface area (Å²) in [6, 6.07) is 12.0. The van der Waals surface area contributed by atoms with Crippen LogP contribution < -0.4 is 11.2 Å². The molecule has 4 rings (SSSR count). The first kappa shape index (κ1) is 21.7. The lowest BCUT2D eigenvalue weighted by Crippen LogP contribution is -2.46. The highest BCUT2D eigenvalue weighted by atomic mass is 32.2. The van der Waals surface area contributed by atoms with Crippen LogP contribution in [-0.4, -0.2) is 29.2 Å². The molecular weight excluding hydrogens is 422 g/mol. The Morgan fingerprint density at radius 1 is 1.26 bits per heavy atom. The molecule has 2 aromatic carbocycles. The van der Waals surface area contributed by atoms with Crippen molar-refractivity contribution in [1.29, 1.82) is 0 Å². The zero-order valence-electron chi connectivity index (χ0n) is 16.9. The number of hydrogen-bond acceptors (Lipinski definition) is 5. The van der Waals surface area contributed by atoms with Gasteiger partial charge >= 0.3 is 6.03 Å². The van der Waals surface area contributed by atoms with Gasteiger partial charge in [-0.25, -0.2) is 19.1 Å². The summed E-state index contributed by atoms with van der Waals surface area (Å²) >= 11 is 1.21. The average molecular weight is 447 g/mol. The summed E-state index contributed by atoms with van der Waals surface area (Å²) < 4.78 is 28.4. The molecule has 1 fully saturated rings. The van der Waals surface area contributed by atoms with E-state index in [9.17, 15) is 13.6 Å². The first-order valence-electron chi connectivity index (χ1n) is 10.2. The zero-order chi connectivity index (χ0) is 21.8. The van der Waals surface area contributed by atoms with Crippen LogP contribution >= 0.6 is 11.8 Å². The summed E-state index contributed by atoms with van der Waals surface area (Å²) in [7, 11) is 0. The number of nitrogens with two attached hydrogens (primary N) is 1. The molecule has 1 atom stereocenters. The number of amides is 2. The van der Waals surface area contributed by atoms with Crippen molar-refractivity contribution in [2.75, 3.05) is 13.2 Å². The zero-order valence-corrected chi connectivity index (χ0v) is 17.7. The van der Waals surface area contributed by atoms with E-state index >= 15 is 0 Å². The summed E-state index contributed by atoms with van der Waals surface area (Å²) in [5.74, 6) is -0.729. The summed E-state index contributed by atoms with van der Waals surface area (Å²) in [6.07, 6.45) is 3.24. The number of hydrazone groups is 1. The monoisotopic (exact) mass is 446 g/mol. The molecule has 0 saturated heterocycles. The Labute approximate surface area is 183 Å². The van der Waals surface area contributed by atoms with Crippen molar-refractivity contribution >= 4 is 22.8 Å². The molecule has 1 aliphatic carbocycles. The smallest absolute Gasteiger partial charge is 0.330 e. The molecule has 9 heteroatoms. The van der Waals surface area contributed by atoms with Gasteiger partial charge in [0.1, 0.15) is 21.5 Å². The van der Waals surface area contributed by atoms with Gasteiger partial charge < -0.3 is 5.73 Å². The number of nitrogens with one attached hydrogen (secondary N) is 1. The van der Waals surface area contributed by atoms with E-state index in [4.69, 9.17) is 10.6 Å². The van der Waals surface area contributed by atoms with Gasteiger partial charge in [-0.1, -0.05) is 42.1 Å². The molecule has 1 aliphatic heterocycles. The van der Waals surface area contributed by atoms with E-state index in [0.29, 0.717) is 31.9 Å². The Kier molecular flexibility index (Phi) is 6.54. The lowest BCUT2D eigenvalue weighted by molar-refractivity contribution is 0.0337. The second-order valence-corrected chi connectivity index (χ2v) is 8.91. The lowest BCUT2D eigenvalue weighted by Gasteiger charge is -2.35. The average Bonchev–Trinajstić information content (AvgIpc) is 3.52. The molecule has 2 aromatic rings. The fourth-order valence-electron chi connectivity index (χ4n) is 3.45. The first-order chi connectivity index (χ1) is 15.0. The number of hydroxylamine groups is 1. The Balaban J connectivity index is 1.71. The molecule has 3 N–H and O–H groups in total. The Morgan fingerprint density at radius 2 is 2.03 bits per heavy atom. The number of halogens is 2. The van der Waals surface area contributed by atoms with E-state index in [0.717, 1.165) is 36.6 Å². The summed E-state index contributed by atoms with van der Waals surface area (Å²) in [6.45, 7) is 0.843. The standard InChI is InChI=1S/C22H24F2N4O2S/c23-17-9-10-19(24)18(13-17)20-26-28(21(29)27-30-14-15-7-8-15)22(31-20,11-4-12-25)16-5-2-1-3-6-16/h1-3,5-6,9-10,13,15H,4,7-8,11-12,14,25H2,(H,27,29). The highest BCUT2D eigenvalue weighted by Gasteiger charge is 2.49. The molecule has 0 spiro atoms. The van der Waals surface area contributed by atoms with E-state index in [1.807, 2.05) is 30.3 Å². The molecular formula is C22H24F2N4O2S. The second kappa shape index (κ2) is 9.33. The number of benzene rings is 2. The maximum Gasteiger partial charge on any atom is 0.363 e. The Bertz CT molecular complexity index is 971. The van der Waals surface area contributed by atoms with Crippen molar-refractivity contribution in [2.45, 2.75) is 30.6 Å². The number of thioether (sulfide) groups is 1. The Morgan fingerprint density at radius 3 is 2.74 bits per heavy atom. The largest absolute Gasteiger partial charge is 0.363 e. The van der Waals surface area contributed by atoms with Gasteiger partial charge in [-0.05, 0) is 61.9 Å². The normalized spacial score (nSPS) is 20.6. The molecule has 1 unspecified atom stereocenters. The molecule has 2 aliphatic rings. The minimum absolute atomic E-state index is 0.00672. The van der Waals surface area contributed by atoms with E-state index in [-0.39, 0.29) is 10.6 Å². The van der Waals surface area contributed by atoms with Gasteiger partial charge in [-0.3, -0.25) is 4.84 Å². The highest BCUT2D eigenvalue weighted by Crippen LogP contribution is 2.50. The lowest BCUT2D eigenvalue weighted by atomic mass is 10.0. The van der Waals surface area contributed by atoms with Gasteiger partial charge in [0.2, 0.25) is 0 Å².